The summed E-state index contributed by atoms with van der Waals surface area (Å²) in [6, 6.07) is 11.0. The van der Waals surface area contributed by atoms with Crippen molar-refractivity contribution in [3.05, 3.63) is 54.0 Å². The van der Waals surface area contributed by atoms with Gasteiger partial charge in [0.2, 0.25) is 0 Å². The van der Waals surface area contributed by atoms with Gasteiger partial charge in [0.05, 0.1) is 12.8 Å². The number of benzene rings is 1. The molecule has 1 amide bonds. The average molecular weight is 516 g/mol. The van der Waals surface area contributed by atoms with Crippen LogP contribution in [0.5, 0.6) is 0 Å². The maximum Gasteiger partial charge on any atom is 0.291 e. The smallest absolute Gasteiger partial charge is 0.291 e. The molecular weight excluding hydrogens is 487 g/mol. The quantitative estimate of drug-likeness (QED) is 0.276. The monoisotopic (exact) mass is 516 g/mol. The Morgan fingerprint density at radius 3 is 2.46 bits per heavy atom. The Morgan fingerprint density at radius 2 is 1.89 bits per heavy atom. The molecule has 0 saturated carbocycles. The van der Waals surface area contributed by atoms with Crippen molar-refractivity contribution < 1.29 is 9.21 Å². The lowest BCUT2D eigenvalue weighted by molar-refractivity contribution is 0.0996. The molecule has 3 N–H and O–H groups in total. The molecule has 0 spiro atoms. The van der Waals surface area contributed by atoms with Crippen molar-refractivity contribution in [3.8, 4) is 0 Å². The molecule has 0 fully saturated rings. The lowest BCUT2D eigenvalue weighted by Crippen LogP contribution is -2.43. The van der Waals surface area contributed by atoms with E-state index in [1.165, 1.54) is 6.26 Å². The Balaban J connectivity index is 0.00000392. The summed E-state index contributed by atoms with van der Waals surface area (Å²) in [5.41, 5.74) is 1.78. The van der Waals surface area contributed by atoms with Gasteiger partial charge in [-0.3, -0.25) is 4.79 Å². The zero-order chi connectivity index (χ0) is 19.7. The molecule has 28 heavy (non-hydrogen) atoms. The van der Waals surface area contributed by atoms with E-state index < -0.39 is 0 Å². The first-order valence-electron chi connectivity index (χ1n) is 8.94. The minimum Gasteiger partial charge on any atom is -0.459 e. The van der Waals surface area contributed by atoms with Crippen LogP contribution in [0, 0.1) is 0 Å². The van der Waals surface area contributed by atoms with Gasteiger partial charge in [-0.05, 0) is 56.9 Å². The number of rotatable bonds is 8. The van der Waals surface area contributed by atoms with E-state index in [1.54, 1.807) is 12.1 Å². The molecular formula is C20H29IN4O2S. The van der Waals surface area contributed by atoms with E-state index in [4.69, 9.17) is 4.42 Å². The number of carbonyl (C=O) groups is 1. The zero-order valence-electron chi connectivity index (χ0n) is 16.7. The first kappa shape index (κ1) is 24.4. The van der Waals surface area contributed by atoms with E-state index in [-0.39, 0.29) is 40.4 Å². The Labute approximate surface area is 188 Å². The van der Waals surface area contributed by atoms with Crippen LogP contribution in [0.3, 0.4) is 0 Å². The highest BCUT2D eigenvalue weighted by Gasteiger charge is 2.16. The fraction of sp³-hybridized carbons (Fsp3) is 0.400. The highest BCUT2D eigenvalue weighted by molar-refractivity contribution is 14.0. The third-order valence-electron chi connectivity index (χ3n) is 3.95. The number of hydrogen-bond acceptors (Lipinski definition) is 4. The average Bonchev–Trinajstić information content (AvgIpc) is 3.20. The highest BCUT2D eigenvalue weighted by Crippen LogP contribution is 2.19. The molecule has 154 valence electrons. The van der Waals surface area contributed by atoms with E-state index in [2.05, 4.69) is 41.0 Å². The molecule has 2 rings (SSSR count). The second-order valence-electron chi connectivity index (χ2n) is 6.64. The van der Waals surface area contributed by atoms with E-state index in [0.717, 1.165) is 30.3 Å². The third kappa shape index (κ3) is 8.14. The number of hydrogen-bond donors (Lipinski definition) is 3. The summed E-state index contributed by atoms with van der Waals surface area (Å²) in [5, 5.41) is 9.46. The maximum atomic E-state index is 12.0. The molecule has 0 unspecified atom stereocenters. The summed E-state index contributed by atoms with van der Waals surface area (Å²) in [4.78, 5) is 16.6. The molecule has 8 heteroatoms. The van der Waals surface area contributed by atoms with Gasteiger partial charge in [0, 0.05) is 23.5 Å². The van der Waals surface area contributed by atoms with E-state index in [0.29, 0.717) is 6.54 Å². The molecule has 0 saturated heterocycles. The van der Waals surface area contributed by atoms with E-state index in [9.17, 15) is 4.79 Å². The van der Waals surface area contributed by atoms with Crippen molar-refractivity contribution in [2.45, 2.75) is 32.1 Å². The van der Waals surface area contributed by atoms with Crippen LogP contribution in [0.2, 0.25) is 0 Å². The topological polar surface area (TPSA) is 78.7 Å². The van der Waals surface area contributed by atoms with Gasteiger partial charge in [0.15, 0.2) is 11.7 Å². The van der Waals surface area contributed by atoms with Crippen molar-refractivity contribution in [2.75, 3.05) is 24.7 Å². The number of aliphatic imine (C=N–C) groups is 1. The van der Waals surface area contributed by atoms with Crippen LogP contribution >= 0.6 is 35.7 Å². The number of carbonyl (C=O) groups excluding carboxylic acids is 1. The summed E-state index contributed by atoms with van der Waals surface area (Å²) in [6.07, 6.45) is 3.59. The summed E-state index contributed by atoms with van der Waals surface area (Å²) in [7, 11) is 0. The van der Waals surface area contributed by atoms with Gasteiger partial charge in [-0.2, -0.15) is 11.8 Å². The minimum absolute atomic E-state index is 0. The second kappa shape index (κ2) is 12.0. The molecule has 1 heterocycles. The number of nitrogens with zero attached hydrogens (tertiary/aromatic N) is 1. The summed E-state index contributed by atoms with van der Waals surface area (Å²) in [6.45, 7) is 8.64. The molecule has 2 aromatic rings. The Bertz CT molecular complexity index is 746. The molecule has 0 radical (unpaired) electrons. The largest absolute Gasteiger partial charge is 0.459 e. The second-order valence-corrected chi connectivity index (χ2v) is 8.15. The zero-order valence-corrected chi connectivity index (χ0v) is 19.9. The Kier molecular flexibility index (Phi) is 10.4. The number of furan rings is 1. The van der Waals surface area contributed by atoms with Crippen molar-refractivity contribution in [2.24, 2.45) is 4.99 Å². The van der Waals surface area contributed by atoms with Crippen molar-refractivity contribution in [1.29, 1.82) is 0 Å². The maximum absolute atomic E-state index is 12.0. The van der Waals surface area contributed by atoms with Crippen LogP contribution in [-0.2, 0) is 6.54 Å². The van der Waals surface area contributed by atoms with Gasteiger partial charge in [0.25, 0.3) is 5.91 Å². The molecule has 0 aliphatic heterocycles. The molecule has 6 nitrogen and oxygen atoms in total. The SMILES string of the molecule is CCNC(=NCc1ccc(NC(=O)c2ccco2)cc1)NCC(C)(C)SC.I. The van der Waals surface area contributed by atoms with E-state index in [1.807, 2.05) is 43.0 Å². The summed E-state index contributed by atoms with van der Waals surface area (Å²) >= 11 is 1.82. The Hall–Kier alpha value is -1.68. The van der Waals surface area contributed by atoms with Crippen LogP contribution in [-0.4, -0.2) is 36.0 Å². The molecule has 0 atom stereocenters. The first-order chi connectivity index (χ1) is 12.9. The summed E-state index contributed by atoms with van der Waals surface area (Å²) in [5.74, 6) is 0.828. The predicted octanol–water partition coefficient (Wildman–Crippen LogP) is 4.35. The van der Waals surface area contributed by atoms with Gasteiger partial charge in [-0.25, -0.2) is 4.99 Å². The molecule has 0 aliphatic rings. The van der Waals surface area contributed by atoms with Gasteiger partial charge in [0.1, 0.15) is 0 Å². The van der Waals surface area contributed by atoms with Crippen LogP contribution in [0.25, 0.3) is 0 Å². The lowest BCUT2D eigenvalue weighted by Gasteiger charge is -2.23. The van der Waals surface area contributed by atoms with Gasteiger partial charge in [-0.15, -0.1) is 24.0 Å². The van der Waals surface area contributed by atoms with Crippen molar-refractivity contribution >= 4 is 53.3 Å². The fourth-order valence-electron chi connectivity index (χ4n) is 2.17. The molecule has 1 aromatic carbocycles. The third-order valence-corrected chi connectivity index (χ3v) is 5.20. The molecule has 0 aliphatic carbocycles. The number of anilines is 1. The Morgan fingerprint density at radius 1 is 1.18 bits per heavy atom. The van der Waals surface area contributed by atoms with Gasteiger partial charge < -0.3 is 20.4 Å². The van der Waals surface area contributed by atoms with Crippen LogP contribution in [0.4, 0.5) is 5.69 Å². The molecule has 0 bridgehead atoms. The number of guanidine groups is 1. The van der Waals surface area contributed by atoms with E-state index >= 15 is 0 Å². The highest BCUT2D eigenvalue weighted by atomic mass is 127. The summed E-state index contributed by atoms with van der Waals surface area (Å²) < 4.78 is 5.23. The standard InChI is InChI=1S/C20H28N4O2S.HI/c1-5-21-19(23-14-20(2,3)27-4)22-13-15-8-10-16(11-9-15)24-18(25)17-7-6-12-26-17;/h6-12H,5,13-14H2,1-4H3,(H,24,25)(H2,21,22,23);1H. The molecule has 1 aromatic heterocycles. The number of halogens is 1. The van der Waals surface area contributed by atoms with Crippen LogP contribution in [0.15, 0.2) is 52.1 Å². The first-order valence-corrected chi connectivity index (χ1v) is 10.2. The predicted molar refractivity (Wildman–Crippen MR) is 129 cm³/mol. The van der Waals surface area contributed by atoms with Crippen LogP contribution < -0.4 is 16.0 Å². The number of nitrogens with one attached hydrogen (secondary N) is 3. The van der Waals surface area contributed by atoms with Crippen molar-refractivity contribution in [3.63, 3.8) is 0 Å². The number of thioether (sulfide) groups is 1. The van der Waals surface area contributed by atoms with Gasteiger partial charge in [-0.1, -0.05) is 12.1 Å². The lowest BCUT2D eigenvalue weighted by atomic mass is 10.2. The van der Waals surface area contributed by atoms with Crippen LogP contribution in [0.1, 0.15) is 36.9 Å². The number of amides is 1. The fourth-order valence-corrected chi connectivity index (χ4v) is 2.39. The van der Waals surface area contributed by atoms with Gasteiger partial charge >= 0.3 is 0 Å². The normalized spacial score (nSPS) is 11.5. The van der Waals surface area contributed by atoms with Crippen molar-refractivity contribution in [1.82, 2.24) is 10.6 Å². The minimum atomic E-state index is -0.263.